The van der Waals surface area contributed by atoms with Crippen molar-refractivity contribution in [3.05, 3.63) is 58.5 Å². The summed E-state index contributed by atoms with van der Waals surface area (Å²) >= 11 is 0. The summed E-state index contributed by atoms with van der Waals surface area (Å²) in [5.74, 6) is 0. The van der Waals surface area contributed by atoms with E-state index in [2.05, 4.69) is 5.10 Å². The zero-order chi connectivity index (χ0) is 10.7. The van der Waals surface area contributed by atoms with Crippen LogP contribution in [0.1, 0.15) is 12.5 Å². The van der Waals surface area contributed by atoms with Gasteiger partial charge in [-0.05, 0) is 24.6 Å². The number of para-hydroxylation sites is 1. The van der Waals surface area contributed by atoms with Crippen molar-refractivity contribution in [3.63, 3.8) is 0 Å². The minimum atomic E-state index is -0.0359. The molecule has 0 bridgehead atoms. The normalized spacial score (nSPS) is 10.2. The largest absolute Gasteiger partial charge is 0.274 e. The van der Waals surface area contributed by atoms with E-state index in [4.69, 9.17) is 0 Å². The van der Waals surface area contributed by atoms with Gasteiger partial charge in [-0.3, -0.25) is 4.79 Å². The molecule has 0 amide bonds. The Balaban J connectivity index is 2.60. The van der Waals surface area contributed by atoms with Crippen LogP contribution < -0.4 is 5.56 Å². The van der Waals surface area contributed by atoms with Crippen LogP contribution in [0.25, 0.3) is 5.69 Å². The molecule has 0 aliphatic heterocycles. The molecule has 15 heavy (non-hydrogen) atoms. The van der Waals surface area contributed by atoms with Crippen LogP contribution in [0.15, 0.2) is 47.4 Å². The first-order valence-corrected chi connectivity index (χ1v) is 4.95. The molecule has 0 radical (unpaired) electrons. The Bertz CT molecular complexity index is 503. The van der Waals surface area contributed by atoms with Crippen LogP contribution >= 0.6 is 0 Å². The van der Waals surface area contributed by atoms with E-state index in [-0.39, 0.29) is 5.56 Å². The highest BCUT2D eigenvalue weighted by Crippen LogP contribution is 2.02. The van der Waals surface area contributed by atoms with Gasteiger partial charge in [0, 0.05) is 11.8 Å². The van der Waals surface area contributed by atoms with E-state index in [1.807, 2.05) is 37.3 Å². The zero-order valence-corrected chi connectivity index (χ0v) is 8.55. The molecule has 1 aromatic carbocycles. The van der Waals surface area contributed by atoms with E-state index < -0.39 is 0 Å². The SMILES string of the molecule is CCc1ccnn(-c2ccccc2)c1=O. The standard InChI is InChI=1S/C12H12N2O/c1-2-10-8-9-13-14(12(10)15)11-6-4-3-5-7-11/h3-9H,2H2,1H3. The summed E-state index contributed by atoms with van der Waals surface area (Å²) in [5, 5.41) is 4.06. The number of aromatic nitrogens is 2. The summed E-state index contributed by atoms with van der Waals surface area (Å²) < 4.78 is 1.43. The second kappa shape index (κ2) is 4.09. The maximum absolute atomic E-state index is 11.9. The van der Waals surface area contributed by atoms with Crippen molar-refractivity contribution in [1.82, 2.24) is 9.78 Å². The first-order valence-electron chi connectivity index (χ1n) is 4.95. The topological polar surface area (TPSA) is 34.9 Å². The van der Waals surface area contributed by atoms with Crippen LogP contribution in [0, 0.1) is 0 Å². The van der Waals surface area contributed by atoms with Gasteiger partial charge in [-0.1, -0.05) is 25.1 Å². The lowest BCUT2D eigenvalue weighted by molar-refractivity contribution is 0.786. The molecule has 1 heterocycles. The quantitative estimate of drug-likeness (QED) is 0.740. The molecular formula is C12H12N2O. The Morgan fingerprint density at radius 2 is 1.93 bits per heavy atom. The lowest BCUT2D eigenvalue weighted by Crippen LogP contribution is -2.23. The predicted octanol–water partition coefficient (Wildman–Crippen LogP) is 1.79. The monoisotopic (exact) mass is 200 g/mol. The van der Waals surface area contributed by atoms with Crippen LogP contribution in [0.2, 0.25) is 0 Å². The molecule has 0 aliphatic carbocycles. The minimum Gasteiger partial charge on any atom is -0.267 e. The van der Waals surface area contributed by atoms with Crippen molar-refractivity contribution in [3.8, 4) is 5.69 Å². The van der Waals surface area contributed by atoms with Gasteiger partial charge in [0.05, 0.1) is 5.69 Å². The molecular weight excluding hydrogens is 188 g/mol. The molecule has 0 unspecified atom stereocenters. The zero-order valence-electron chi connectivity index (χ0n) is 8.55. The van der Waals surface area contributed by atoms with E-state index in [0.717, 1.165) is 17.7 Å². The Hall–Kier alpha value is -1.90. The third-order valence-electron chi connectivity index (χ3n) is 2.31. The van der Waals surface area contributed by atoms with Crippen LogP contribution in [0.5, 0.6) is 0 Å². The van der Waals surface area contributed by atoms with Gasteiger partial charge >= 0.3 is 0 Å². The summed E-state index contributed by atoms with van der Waals surface area (Å²) in [5.41, 5.74) is 1.55. The summed E-state index contributed by atoms with van der Waals surface area (Å²) in [6.07, 6.45) is 2.39. The molecule has 0 saturated heterocycles. The minimum absolute atomic E-state index is 0.0359. The number of rotatable bonds is 2. The fourth-order valence-electron chi connectivity index (χ4n) is 1.47. The third-order valence-corrected chi connectivity index (χ3v) is 2.31. The molecule has 3 heteroatoms. The lowest BCUT2D eigenvalue weighted by Gasteiger charge is -2.04. The highest BCUT2D eigenvalue weighted by atomic mass is 16.1. The van der Waals surface area contributed by atoms with Gasteiger partial charge in [-0.25, -0.2) is 0 Å². The number of benzene rings is 1. The van der Waals surface area contributed by atoms with Gasteiger partial charge in [-0.2, -0.15) is 9.78 Å². The molecule has 0 aliphatic rings. The van der Waals surface area contributed by atoms with Crippen LogP contribution in [-0.4, -0.2) is 9.78 Å². The third kappa shape index (κ3) is 1.81. The molecule has 0 saturated carbocycles. The average Bonchev–Trinajstić information content (AvgIpc) is 2.30. The number of hydrogen-bond donors (Lipinski definition) is 0. The molecule has 0 fully saturated rings. The first kappa shape index (κ1) is 9.65. The van der Waals surface area contributed by atoms with Crippen LogP contribution in [0.4, 0.5) is 0 Å². The summed E-state index contributed by atoms with van der Waals surface area (Å²) in [6, 6.07) is 11.2. The second-order valence-corrected chi connectivity index (χ2v) is 3.26. The van der Waals surface area contributed by atoms with Gasteiger partial charge in [0.2, 0.25) is 0 Å². The van der Waals surface area contributed by atoms with Crippen molar-refractivity contribution in [1.29, 1.82) is 0 Å². The van der Waals surface area contributed by atoms with Crippen LogP contribution in [0.3, 0.4) is 0 Å². The molecule has 3 nitrogen and oxygen atoms in total. The van der Waals surface area contributed by atoms with E-state index in [1.54, 1.807) is 12.3 Å². The Kier molecular flexibility index (Phi) is 2.63. The molecule has 0 N–H and O–H groups in total. The van der Waals surface area contributed by atoms with Crippen molar-refractivity contribution < 1.29 is 0 Å². The second-order valence-electron chi connectivity index (χ2n) is 3.26. The van der Waals surface area contributed by atoms with Crippen molar-refractivity contribution >= 4 is 0 Å². The van der Waals surface area contributed by atoms with Crippen molar-refractivity contribution in [2.45, 2.75) is 13.3 Å². The Morgan fingerprint density at radius 3 is 2.60 bits per heavy atom. The number of aryl methyl sites for hydroxylation is 1. The molecule has 2 rings (SSSR count). The lowest BCUT2D eigenvalue weighted by atomic mass is 10.2. The fraction of sp³-hybridized carbons (Fsp3) is 0.167. The van der Waals surface area contributed by atoms with Gasteiger partial charge in [0.15, 0.2) is 0 Å². The highest BCUT2D eigenvalue weighted by Gasteiger charge is 2.03. The Morgan fingerprint density at radius 1 is 1.20 bits per heavy atom. The number of hydrogen-bond acceptors (Lipinski definition) is 2. The maximum Gasteiger partial charge on any atom is 0.274 e. The van der Waals surface area contributed by atoms with Gasteiger partial charge in [-0.15, -0.1) is 0 Å². The summed E-state index contributed by atoms with van der Waals surface area (Å²) in [6.45, 7) is 1.96. The molecule has 0 spiro atoms. The van der Waals surface area contributed by atoms with Crippen molar-refractivity contribution in [2.75, 3.05) is 0 Å². The molecule has 76 valence electrons. The predicted molar refractivity (Wildman–Crippen MR) is 59.2 cm³/mol. The van der Waals surface area contributed by atoms with Gasteiger partial charge in [0.25, 0.3) is 5.56 Å². The molecule has 1 aromatic heterocycles. The fourth-order valence-corrected chi connectivity index (χ4v) is 1.47. The summed E-state index contributed by atoms with van der Waals surface area (Å²) in [4.78, 5) is 11.9. The number of nitrogens with zero attached hydrogens (tertiary/aromatic N) is 2. The molecule has 0 atom stereocenters. The smallest absolute Gasteiger partial charge is 0.267 e. The summed E-state index contributed by atoms with van der Waals surface area (Å²) in [7, 11) is 0. The first-order chi connectivity index (χ1) is 7.33. The van der Waals surface area contributed by atoms with Crippen LogP contribution in [-0.2, 0) is 6.42 Å². The van der Waals surface area contributed by atoms with E-state index in [0.29, 0.717) is 0 Å². The van der Waals surface area contributed by atoms with E-state index in [9.17, 15) is 4.79 Å². The van der Waals surface area contributed by atoms with Gasteiger partial charge in [0.1, 0.15) is 0 Å². The average molecular weight is 200 g/mol. The van der Waals surface area contributed by atoms with Gasteiger partial charge < -0.3 is 0 Å². The van der Waals surface area contributed by atoms with Crippen molar-refractivity contribution in [2.24, 2.45) is 0 Å². The molecule has 2 aromatic rings. The van der Waals surface area contributed by atoms with E-state index >= 15 is 0 Å². The Labute approximate surface area is 88.0 Å². The van der Waals surface area contributed by atoms with E-state index in [1.165, 1.54) is 4.68 Å². The highest BCUT2D eigenvalue weighted by molar-refractivity contribution is 5.30. The maximum atomic E-state index is 11.9.